The summed E-state index contributed by atoms with van der Waals surface area (Å²) in [4.78, 5) is 28.3. The molecule has 1 rings (SSSR count). The van der Waals surface area contributed by atoms with E-state index >= 15 is 0 Å². The Hall–Kier alpha value is -1.92. The van der Waals surface area contributed by atoms with Gasteiger partial charge in [0.05, 0.1) is 6.54 Å². The molecular weight excluding hydrogens is 222 g/mol. The highest BCUT2D eigenvalue weighted by Crippen LogP contribution is 1.99. The van der Waals surface area contributed by atoms with E-state index < -0.39 is 0 Å². The van der Waals surface area contributed by atoms with Gasteiger partial charge in [-0.25, -0.2) is 4.98 Å². The van der Waals surface area contributed by atoms with Crippen molar-refractivity contribution < 1.29 is 9.59 Å². The topological polar surface area (TPSA) is 91.0 Å². The van der Waals surface area contributed by atoms with E-state index in [0.29, 0.717) is 0 Å². The van der Waals surface area contributed by atoms with Crippen LogP contribution in [0.4, 0.5) is 0 Å². The van der Waals surface area contributed by atoms with E-state index in [9.17, 15) is 9.59 Å². The summed E-state index contributed by atoms with van der Waals surface area (Å²) in [6.07, 6.45) is 1.25. The number of nitrogens with one attached hydrogen (secondary N) is 2. The van der Waals surface area contributed by atoms with Gasteiger partial charge in [0.2, 0.25) is 11.7 Å². The third-order valence-corrected chi connectivity index (χ3v) is 1.86. The maximum absolute atomic E-state index is 11.7. The monoisotopic (exact) mass is 239 g/mol. The number of nitrogens with zero attached hydrogens (tertiary/aromatic N) is 3. The van der Waals surface area contributed by atoms with Gasteiger partial charge in [0, 0.05) is 12.6 Å². The van der Waals surface area contributed by atoms with Crippen molar-refractivity contribution in [3.8, 4) is 0 Å². The van der Waals surface area contributed by atoms with E-state index in [1.165, 1.54) is 18.3 Å². The predicted molar refractivity (Wildman–Crippen MR) is 61.2 cm³/mol. The average Bonchev–Trinajstić information content (AvgIpc) is 2.65. The molecule has 0 spiro atoms. The van der Waals surface area contributed by atoms with Crippen LogP contribution in [0.15, 0.2) is 6.33 Å². The first-order valence-electron chi connectivity index (χ1n) is 5.21. The Morgan fingerprint density at radius 1 is 1.47 bits per heavy atom. The molecule has 0 unspecified atom stereocenters. The number of carbonyl (C=O) groups excluding carboxylic acids is 2. The Kier molecular flexibility index (Phi) is 3.82. The van der Waals surface area contributed by atoms with Crippen LogP contribution in [0.1, 0.15) is 31.4 Å². The molecule has 7 nitrogen and oxygen atoms in total. The van der Waals surface area contributed by atoms with E-state index in [2.05, 4.69) is 20.5 Å². The molecule has 0 aliphatic rings. The van der Waals surface area contributed by atoms with Gasteiger partial charge in [-0.3, -0.25) is 14.7 Å². The molecule has 0 bridgehead atoms. The predicted octanol–water partition coefficient (Wildman–Crippen LogP) is -0.209. The zero-order valence-electron chi connectivity index (χ0n) is 10.4. The third kappa shape index (κ3) is 4.21. The number of carbonyl (C=O) groups is 2. The van der Waals surface area contributed by atoms with Gasteiger partial charge in [-0.05, 0) is 20.8 Å². The van der Waals surface area contributed by atoms with Crippen LogP contribution >= 0.6 is 0 Å². The number of H-pyrrole nitrogens is 1. The van der Waals surface area contributed by atoms with Gasteiger partial charge in [0.25, 0.3) is 5.91 Å². The van der Waals surface area contributed by atoms with Crippen molar-refractivity contribution in [1.29, 1.82) is 0 Å². The van der Waals surface area contributed by atoms with E-state index in [-0.39, 0.29) is 29.7 Å². The molecule has 0 aliphatic carbocycles. The van der Waals surface area contributed by atoms with Crippen molar-refractivity contribution in [2.45, 2.75) is 26.3 Å². The van der Waals surface area contributed by atoms with Gasteiger partial charge in [0.1, 0.15) is 6.33 Å². The Labute approximate surface area is 99.6 Å². The van der Waals surface area contributed by atoms with Crippen LogP contribution in [0.5, 0.6) is 0 Å². The lowest BCUT2D eigenvalue weighted by atomic mass is 10.1. The van der Waals surface area contributed by atoms with E-state index in [4.69, 9.17) is 0 Å². The van der Waals surface area contributed by atoms with Gasteiger partial charge >= 0.3 is 0 Å². The molecule has 1 aromatic heterocycles. The van der Waals surface area contributed by atoms with E-state index in [1.54, 1.807) is 0 Å². The molecule has 0 fully saturated rings. The Morgan fingerprint density at radius 3 is 2.59 bits per heavy atom. The van der Waals surface area contributed by atoms with Crippen molar-refractivity contribution >= 4 is 11.8 Å². The summed E-state index contributed by atoms with van der Waals surface area (Å²) in [6, 6.07) is 0. The number of amides is 2. The van der Waals surface area contributed by atoms with Crippen LogP contribution in [0.2, 0.25) is 0 Å². The van der Waals surface area contributed by atoms with Crippen molar-refractivity contribution in [3.05, 3.63) is 12.2 Å². The van der Waals surface area contributed by atoms with Gasteiger partial charge in [0.15, 0.2) is 0 Å². The summed E-state index contributed by atoms with van der Waals surface area (Å²) in [6.45, 7) is 5.62. The number of aromatic nitrogens is 3. The molecule has 0 aliphatic heterocycles. The van der Waals surface area contributed by atoms with Crippen LogP contribution in [-0.4, -0.2) is 51.0 Å². The molecular formula is C10H17N5O2. The summed E-state index contributed by atoms with van der Waals surface area (Å²) in [5, 5.41) is 8.81. The SMILES string of the molecule is CN(CC(=O)NC(C)(C)C)C(=O)c1ncn[nH]1. The highest BCUT2D eigenvalue weighted by Gasteiger charge is 2.19. The van der Waals surface area contributed by atoms with Crippen LogP contribution in [0.3, 0.4) is 0 Å². The molecule has 0 radical (unpaired) electrons. The second kappa shape index (κ2) is 4.94. The molecule has 1 aromatic rings. The number of aromatic amines is 1. The fourth-order valence-electron chi connectivity index (χ4n) is 1.23. The van der Waals surface area contributed by atoms with E-state index in [0.717, 1.165) is 0 Å². The zero-order valence-corrected chi connectivity index (χ0v) is 10.4. The van der Waals surface area contributed by atoms with Crippen LogP contribution in [0, 0.1) is 0 Å². The molecule has 0 atom stereocenters. The molecule has 1 heterocycles. The van der Waals surface area contributed by atoms with Crippen LogP contribution in [-0.2, 0) is 4.79 Å². The fraction of sp³-hybridized carbons (Fsp3) is 0.600. The van der Waals surface area contributed by atoms with Gasteiger partial charge < -0.3 is 10.2 Å². The molecule has 2 amide bonds. The largest absolute Gasteiger partial charge is 0.350 e. The van der Waals surface area contributed by atoms with Crippen molar-refractivity contribution in [1.82, 2.24) is 25.4 Å². The Morgan fingerprint density at radius 2 is 2.12 bits per heavy atom. The minimum absolute atomic E-state index is 0.0171. The standard InChI is InChI=1S/C10H17N5O2/c1-10(2,3)13-7(16)5-15(4)9(17)8-11-6-12-14-8/h6H,5H2,1-4H3,(H,13,16)(H,11,12,14). The first kappa shape index (κ1) is 13.1. The number of hydrogen-bond donors (Lipinski definition) is 2. The number of rotatable bonds is 3. The van der Waals surface area contributed by atoms with Gasteiger partial charge in [-0.1, -0.05) is 0 Å². The Bertz CT molecular complexity index is 393. The summed E-state index contributed by atoms with van der Waals surface area (Å²) in [7, 11) is 1.53. The highest BCUT2D eigenvalue weighted by atomic mass is 16.2. The lowest BCUT2D eigenvalue weighted by Gasteiger charge is -2.22. The molecule has 7 heteroatoms. The second-order valence-corrected chi connectivity index (χ2v) is 4.79. The zero-order chi connectivity index (χ0) is 13.1. The molecule has 0 aromatic carbocycles. The first-order chi connectivity index (χ1) is 7.79. The first-order valence-corrected chi connectivity index (χ1v) is 5.21. The molecule has 0 saturated heterocycles. The van der Waals surface area contributed by atoms with Crippen molar-refractivity contribution in [2.24, 2.45) is 0 Å². The van der Waals surface area contributed by atoms with Crippen molar-refractivity contribution in [2.75, 3.05) is 13.6 Å². The van der Waals surface area contributed by atoms with Crippen molar-refractivity contribution in [3.63, 3.8) is 0 Å². The number of hydrogen-bond acceptors (Lipinski definition) is 4. The van der Waals surface area contributed by atoms with Gasteiger partial charge in [-0.15, -0.1) is 0 Å². The minimum Gasteiger partial charge on any atom is -0.350 e. The second-order valence-electron chi connectivity index (χ2n) is 4.79. The van der Waals surface area contributed by atoms with Gasteiger partial charge in [-0.2, -0.15) is 5.10 Å². The highest BCUT2D eigenvalue weighted by molar-refractivity contribution is 5.93. The van der Waals surface area contributed by atoms with E-state index in [1.807, 2.05) is 20.8 Å². The summed E-state index contributed by atoms with van der Waals surface area (Å²) in [5.41, 5.74) is -0.312. The third-order valence-electron chi connectivity index (χ3n) is 1.86. The molecule has 17 heavy (non-hydrogen) atoms. The number of likely N-dealkylation sites (N-methyl/N-ethyl adjacent to an activating group) is 1. The summed E-state index contributed by atoms with van der Waals surface area (Å²) < 4.78 is 0. The molecule has 2 N–H and O–H groups in total. The van der Waals surface area contributed by atoms with Crippen LogP contribution in [0.25, 0.3) is 0 Å². The Balaban J connectivity index is 2.52. The molecule has 0 saturated carbocycles. The lowest BCUT2D eigenvalue weighted by molar-refractivity contribution is -0.122. The fourth-order valence-corrected chi connectivity index (χ4v) is 1.23. The quantitative estimate of drug-likeness (QED) is 0.763. The smallest absolute Gasteiger partial charge is 0.291 e. The maximum Gasteiger partial charge on any atom is 0.291 e. The normalized spacial score (nSPS) is 11.1. The van der Waals surface area contributed by atoms with Crippen LogP contribution < -0.4 is 5.32 Å². The maximum atomic E-state index is 11.7. The lowest BCUT2D eigenvalue weighted by Crippen LogP contribution is -2.46. The average molecular weight is 239 g/mol. The summed E-state index contributed by atoms with van der Waals surface area (Å²) >= 11 is 0. The summed E-state index contributed by atoms with van der Waals surface area (Å²) in [5.74, 6) is -0.463. The minimum atomic E-state index is -0.369. The molecule has 94 valence electrons.